The monoisotopic (exact) mass is 311 g/mol. The zero-order valence-corrected chi connectivity index (χ0v) is 13.2. The van der Waals surface area contributed by atoms with Gasteiger partial charge in [0.2, 0.25) is 0 Å². The second kappa shape index (κ2) is 9.37. The third-order valence-electron chi connectivity index (χ3n) is 3.14. The maximum Gasteiger partial charge on any atom is 0.313 e. The van der Waals surface area contributed by atoms with Gasteiger partial charge in [0.15, 0.2) is 0 Å². The molecule has 0 aromatic heterocycles. The molecule has 0 saturated carbocycles. The third kappa shape index (κ3) is 6.60. The highest BCUT2D eigenvalue weighted by Gasteiger charge is 2.12. The Kier molecular flexibility index (Phi) is 7.79. The van der Waals surface area contributed by atoms with Crippen molar-refractivity contribution in [1.29, 1.82) is 0 Å². The van der Waals surface area contributed by atoms with E-state index < -0.39 is 11.8 Å². The third-order valence-corrected chi connectivity index (χ3v) is 3.39. The average Bonchev–Trinajstić information content (AvgIpc) is 2.49. The quantitative estimate of drug-likeness (QED) is 0.599. The lowest BCUT2D eigenvalue weighted by molar-refractivity contribution is -0.136. The first-order valence-electron chi connectivity index (χ1n) is 7.14. The molecule has 0 bridgehead atoms. The maximum atomic E-state index is 11.7. The highest BCUT2D eigenvalue weighted by atomic mass is 35.5. The molecule has 0 unspecified atom stereocenters. The van der Waals surface area contributed by atoms with Gasteiger partial charge in [-0.25, -0.2) is 0 Å². The van der Waals surface area contributed by atoms with Crippen LogP contribution in [0.25, 0.3) is 0 Å². The number of hydrogen-bond donors (Lipinski definition) is 2. The molecule has 2 amide bonds. The summed E-state index contributed by atoms with van der Waals surface area (Å²) < 4.78 is 0. The highest BCUT2D eigenvalue weighted by Crippen LogP contribution is 2.13. The van der Waals surface area contributed by atoms with Crippen molar-refractivity contribution in [2.45, 2.75) is 20.3 Å². The zero-order chi connectivity index (χ0) is 15.7. The van der Waals surface area contributed by atoms with Gasteiger partial charge in [-0.1, -0.05) is 25.4 Å². The molecule has 1 aromatic rings. The summed E-state index contributed by atoms with van der Waals surface area (Å²) in [5.41, 5.74) is 0.544. The van der Waals surface area contributed by atoms with Gasteiger partial charge in [0, 0.05) is 17.3 Å². The van der Waals surface area contributed by atoms with Crippen LogP contribution in [0.1, 0.15) is 20.3 Å². The summed E-state index contributed by atoms with van der Waals surface area (Å²) >= 11 is 5.75. The maximum absolute atomic E-state index is 11.7. The van der Waals surface area contributed by atoms with Crippen LogP contribution >= 0.6 is 11.6 Å². The Labute approximate surface area is 130 Å². The Balaban J connectivity index is 2.28. The minimum atomic E-state index is -0.667. The molecule has 0 heterocycles. The summed E-state index contributed by atoms with van der Waals surface area (Å²) in [6.45, 7) is 7.57. The fraction of sp³-hybridized carbons (Fsp3) is 0.467. The van der Waals surface area contributed by atoms with E-state index in [2.05, 4.69) is 29.4 Å². The number of amides is 2. The van der Waals surface area contributed by atoms with Crippen LogP contribution in [0.5, 0.6) is 0 Å². The number of anilines is 1. The van der Waals surface area contributed by atoms with Crippen LogP contribution in [-0.4, -0.2) is 42.9 Å². The lowest BCUT2D eigenvalue weighted by Gasteiger charge is -2.17. The van der Waals surface area contributed by atoms with Crippen molar-refractivity contribution in [3.8, 4) is 0 Å². The number of benzene rings is 1. The molecule has 21 heavy (non-hydrogen) atoms. The van der Waals surface area contributed by atoms with Crippen LogP contribution in [0.4, 0.5) is 5.69 Å². The molecule has 116 valence electrons. The summed E-state index contributed by atoms with van der Waals surface area (Å²) in [6.07, 6.45) is 0.821. The van der Waals surface area contributed by atoms with Crippen molar-refractivity contribution in [2.24, 2.45) is 0 Å². The lowest BCUT2D eigenvalue weighted by atomic mass is 10.3. The predicted molar refractivity (Wildman–Crippen MR) is 85.5 cm³/mol. The Hall–Kier alpha value is -1.59. The number of rotatable bonds is 7. The second-order valence-electron chi connectivity index (χ2n) is 4.60. The molecule has 0 saturated heterocycles. The van der Waals surface area contributed by atoms with E-state index >= 15 is 0 Å². The summed E-state index contributed by atoms with van der Waals surface area (Å²) in [5.74, 6) is -1.29. The Bertz CT molecular complexity index is 458. The van der Waals surface area contributed by atoms with Gasteiger partial charge < -0.3 is 15.5 Å². The number of halogens is 1. The molecule has 6 heteroatoms. The van der Waals surface area contributed by atoms with Crippen molar-refractivity contribution in [2.75, 3.05) is 31.5 Å². The first-order valence-corrected chi connectivity index (χ1v) is 7.51. The lowest BCUT2D eigenvalue weighted by Crippen LogP contribution is -2.37. The van der Waals surface area contributed by atoms with Gasteiger partial charge in [-0.3, -0.25) is 9.59 Å². The van der Waals surface area contributed by atoms with Gasteiger partial charge in [0.1, 0.15) is 0 Å². The fourth-order valence-electron chi connectivity index (χ4n) is 1.85. The van der Waals surface area contributed by atoms with E-state index in [9.17, 15) is 9.59 Å². The summed E-state index contributed by atoms with van der Waals surface area (Å²) in [7, 11) is 0. The van der Waals surface area contributed by atoms with E-state index in [0.717, 1.165) is 26.1 Å². The van der Waals surface area contributed by atoms with E-state index in [-0.39, 0.29) is 0 Å². The van der Waals surface area contributed by atoms with Crippen LogP contribution in [-0.2, 0) is 9.59 Å². The molecule has 0 atom stereocenters. The van der Waals surface area contributed by atoms with E-state index in [1.54, 1.807) is 24.3 Å². The van der Waals surface area contributed by atoms with Crippen LogP contribution in [0.15, 0.2) is 24.3 Å². The van der Waals surface area contributed by atoms with E-state index in [4.69, 9.17) is 11.6 Å². The minimum Gasteiger partial charge on any atom is -0.348 e. The molecule has 0 aliphatic carbocycles. The van der Waals surface area contributed by atoms with E-state index in [1.807, 2.05) is 0 Å². The Morgan fingerprint density at radius 3 is 2.29 bits per heavy atom. The molecule has 0 aliphatic heterocycles. The van der Waals surface area contributed by atoms with Crippen LogP contribution in [0, 0.1) is 0 Å². The molecule has 0 spiro atoms. The number of carbonyl (C=O) groups excluding carboxylic acids is 2. The standard InChI is InChI=1S/C15H22ClN3O2/c1-3-19(4-2)11-5-10-17-14(20)15(21)18-13-8-6-12(16)7-9-13/h6-9H,3-5,10-11H2,1-2H3,(H,17,20)(H,18,21). The molecule has 5 nitrogen and oxygen atoms in total. The van der Waals surface area contributed by atoms with Gasteiger partial charge >= 0.3 is 11.8 Å². The molecule has 1 rings (SSSR count). The summed E-state index contributed by atoms with van der Waals surface area (Å²) in [5, 5.41) is 5.71. The second-order valence-corrected chi connectivity index (χ2v) is 5.03. The van der Waals surface area contributed by atoms with Crippen molar-refractivity contribution < 1.29 is 9.59 Å². The van der Waals surface area contributed by atoms with Gasteiger partial charge in [-0.15, -0.1) is 0 Å². The zero-order valence-electron chi connectivity index (χ0n) is 12.5. The Morgan fingerprint density at radius 1 is 1.10 bits per heavy atom. The van der Waals surface area contributed by atoms with E-state index in [0.29, 0.717) is 17.3 Å². The number of carbonyl (C=O) groups is 2. The molecule has 0 fully saturated rings. The van der Waals surface area contributed by atoms with Gasteiger partial charge in [0.05, 0.1) is 0 Å². The minimum absolute atomic E-state index is 0.489. The first-order chi connectivity index (χ1) is 10.1. The van der Waals surface area contributed by atoms with E-state index in [1.165, 1.54) is 0 Å². The number of nitrogens with one attached hydrogen (secondary N) is 2. The predicted octanol–water partition coefficient (Wildman–Crippen LogP) is 2.13. The highest BCUT2D eigenvalue weighted by molar-refractivity contribution is 6.39. The van der Waals surface area contributed by atoms with Crippen molar-refractivity contribution >= 4 is 29.1 Å². The topological polar surface area (TPSA) is 61.4 Å². The van der Waals surface area contributed by atoms with Crippen LogP contribution < -0.4 is 10.6 Å². The van der Waals surface area contributed by atoms with Crippen molar-refractivity contribution in [3.63, 3.8) is 0 Å². The van der Waals surface area contributed by atoms with Crippen LogP contribution in [0.3, 0.4) is 0 Å². The van der Waals surface area contributed by atoms with Crippen LogP contribution in [0.2, 0.25) is 5.02 Å². The number of hydrogen-bond acceptors (Lipinski definition) is 3. The van der Waals surface area contributed by atoms with Gasteiger partial charge in [-0.2, -0.15) is 0 Å². The number of nitrogens with zero attached hydrogens (tertiary/aromatic N) is 1. The molecule has 2 N–H and O–H groups in total. The normalized spacial score (nSPS) is 10.5. The van der Waals surface area contributed by atoms with Gasteiger partial charge in [0.25, 0.3) is 0 Å². The SMILES string of the molecule is CCN(CC)CCCNC(=O)C(=O)Nc1ccc(Cl)cc1. The molecule has 0 aliphatic rings. The Morgan fingerprint density at radius 2 is 1.71 bits per heavy atom. The summed E-state index contributed by atoms with van der Waals surface area (Å²) in [4.78, 5) is 25.6. The fourth-order valence-corrected chi connectivity index (χ4v) is 1.97. The van der Waals surface area contributed by atoms with Crippen molar-refractivity contribution in [1.82, 2.24) is 10.2 Å². The first kappa shape index (κ1) is 17.5. The summed E-state index contributed by atoms with van der Waals surface area (Å²) in [6, 6.07) is 6.60. The molecular weight excluding hydrogens is 290 g/mol. The molecule has 0 radical (unpaired) electrons. The molecular formula is C15H22ClN3O2. The largest absolute Gasteiger partial charge is 0.348 e. The van der Waals surface area contributed by atoms with Crippen molar-refractivity contribution in [3.05, 3.63) is 29.3 Å². The average molecular weight is 312 g/mol. The smallest absolute Gasteiger partial charge is 0.313 e. The molecule has 1 aromatic carbocycles. The van der Waals surface area contributed by atoms with Gasteiger partial charge in [-0.05, 0) is 50.3 Å².